The summed E-state index contributed by atoms with van der Waals surface area (Å²) in [4.78, 5) is 0. The smallest absolute Gasteiger partial charge is 0.0351 e. The monoisotopic (exact) mass is 264 g/mol. The molecule has 0 aromatic rings. The third-order valence-electron chi connectivity index (χ3n) is 3.66. The van der Waals surface area contributed by atoms with Crippen LogP contribution in [0.2, 0.25) is 0 Å². The van der Waals surface area contributed by atoms with Crippen molar-refractivity contribution in [2.24, 2.45) is 0 Å². The molecule has 0 heteroatoms. The highest BCUT2D eigenvalue weighted by Gasteiger charge is 1.91. The third kappa shape index (κ3) is 17.7. The standard InChI is InChI=1S/C19H36/c1-3-5-7-9-11-13-15-17-19-18-16-14-12-10-8-6-4-2/h11,13H,1-10,12,14-19H2. The first-order valence-corrected chi connectivity index (χ1v) is 8.65. The van der Waals surface area contributed by atoms with Crippen LogP contribution in [-0.4, -0.2) is 0 Å². The molecular formula is C19H36. The second-order valence-corrected chi connectivity index (χ2v) is 5.64. The average Bonchev–Trinajstić information content (AvgIpc) is 2.43. The van der Waals surface area contributed by atoms with E-state index >= 15 is 0 Å². The molecule has 0 atom stereocenters. The van der Waals surface area contributed by atoms with Gasteiger partial charge < -0.3 is 0 Å². The van der Waals surface area contributed by atoms with Crippen molar-refractivity contribution in [3.05, 3.63) is 26.0 Å². The van der Waals surface area contributed by atoms with Crippen molar-refractivity contribution in [3.63, 3.8) is 0 Å². The Kier molecular flexibility index (Phi) is 17.5. The van der Waals surface area contributed by atoms with Gasteiger partial charge in [0.2, 0.25) is 0 Å². The van der Waals surface area contributed by atoms with E-state index in [0.29, 0.717) is 0 Å². The van der Waals surface area contributed by atoms with Crippen molar-refractivity contribution in [3.8, 4) is 0 Å². The van der Waals surface area contributed by atoms with E-state index in [2.05, 4.69) is 26.0 Å². The molecule has 112 valence electrons. The molecule has 0 aliphatic carbocycles. The van der Waals surface area contributed by atoms with E-state index in [0.717, 1.165) is 12.8 Å². The van der Waals surface area contributed by atoms with Gasteiger partial charge in [0.1, 0.15) is 0 Å². The third-order valence-corrected chi connectivity index (χ3v) is 3.66. The van der Waals surface area contributed by atoms with Crippen LogP contribution in [0.3, 0.4) is 0 Å². The molecule has 0 bridgehead atoms. The summed E-state index contributed by atoms with van der Waals surface area (Å²) >= 11 is 0. The minimum atomic E-state index is 1.09. The highest BCUT2D eigenvalue weighted by molar-refractivity contribution is 4.81. The predicted molar refractivity (Wildman–Crippen MR) is 89.1 cm³/mol. The average molecular weight is 264 g/mol. The number of allylic oxidation sites excluding steroid dienone is 2. The lowest BCUT2D eigenvalue weighted by Crippen LogP contribution is -1.81. The number of hydrogen-bond acceptors (Lipinski definition) is 0. The van der Waals surface area contributed by atoms with Gasteiger partial charge in [-0.15, -0.1) is 0 Å². The lowest BCUT2D eigenvalue weighted by molar-refractivity contribution is 0.561. The van der Waals surface area contributed by atoms with Gasteiger partial charge in [0, 0.05) is 0 Å². The van der Waals surface area contributed by atoms with Crippen molar-refractivity contribution < 1.29 is 0 Å². The summed E-state index contributed by atoms with van der Waals surface area (Å²) in [5, 5.41) is 0. The summed E-state index contributed by atoms with van der Waals surface area (Å²) in [5.41, 5.74) is 0. The normalized spacial score (nSPS) is 11.5. The zero-order chi connectivity index (χ0) is 14.0. The van der Waals surface area contributed by atoms with Crippen molar-refractivity contribution in [2.75, 3.05) is 0 Å². The van der Waals surface area contributed by atoms with Crippen LogP contribution in [0, 0.1) is 13.8 Å². The maximum absolute atomic E-state index is 3.88. The maximum Gasteiger partial charge on any atom is -0.0351 e. The predicted octanol–water partition coefficient (Wildman–Crippen LogP) is 7.06. The van der Waals surface area contributed by atoms with Gasteiger partial charge in [-0.25, -0.2) is 0 Å². The zero-order valence-corrected chi connectivity index (χ0v) is 13.2. The second-order valence-electron chi connectivity index (χ2n) is 5.64. The van der Waals surface area contributed by atoms with Gasteiger partial charge >= 0.3 is 0 Å². The highest BCUT2D eigenvalue weighted by Crippen LogP contribution is 2.11. The van der Waals surface area contributed by atoms with Gasteiger partial charge in [-0.2, -0.15) is 0 Å². The number of rotatable bonds is 15. The minimum Gasteiger partial charge on any atom is -0.0885 e. The molecule has 0 fully saturated rings. The lowest BCUT2D eigenvalue weighted by atomic mass is 10.1. The van der Waals surface area contributed by atoms with Gasteiger partial charge in [-0.05, 0) is 25.7 Å². The molecule has 0 aromatic carbocycles. The fourth-order valence-electron chi connectivity index (χ4n) is 2.35. The molecule has 0 heterocycles. The first kappa shape index (κ1) is 18.7. The van der Waals surface area contributed by atoms with E-state index < -0.39 is 0 Å². The van der Waals surface area contributed by atoms with Crippen LogP contribution in [0.1, 0.15) is 96.3 Å². The van der Waals surface area contributed by atoms with Gasteiger partial charge in [0.15, 0.2) is 0 Å². The molecule has 0 nitrogen and oxygen atoms in total. The van der Waals surface area contributed by atoms with Crippen LogP contribution in [0.15, 0.2) is 12.2 Å². The van der Waals surface area contributed by atoms with Gasteiger partial charge in [0.25, 0.3) is 0 Å². The molecule has 0 N–H and O–H groups in total. The molecular weight excluding hydrogens is 228 g/mol. The fourth-order valence-corrected chi connectivity index (χ4v) is 2.35. The summed E-state index contributed by atoms with van der Waals surface area (Å²) in [7, 11) is 0. The fraction of sp³-hybridized carbons (Fsp3) is 0.789. The van der Waals surface area contributed by atoms with E-state index in [1.54, 1.807) is 0 Å². The van der Waals surface area contributed by atoms with E-state index in [-0.39, 0.29) is 0 Å². The van der Waals surface area contributed by atoms with Crippen LogP contribution in [0.4, 0.5) is 0 Å². The Balaban J connectivity index is 2.98. The largest absolute Gasteiger partial charge is 0.0885 e. The van der Waals surface area contributed by atoms with Crippen LogP contribution >= 0.6 is 0 Å². The van der Waals surface area contributed by atoms with E-state index in [1.165, 1.54) is 83.5 Å². The molecule has 0 aliphatic rings. The number of unbranched alkanes of at least 4 members (excludes halogenated alkanes) is 13. The first-order valence-electron chi connectivity index (χ1n) is 8.65. The maximum atomic E-state index is 3.88. The van der Waals surface area contributed by atoms with Gasteiger partial charge in [-0.1, -0.05) is 96.6 Å². The number of hydrogen-bond donors (Lipinski definition) is 0. The molecule has 0 saturated carbocycles. The topological polar surface area (TPSA) is 0 Å². The molecule has 0 amide bonds. The molecule has 0 unspecified atom stereocenters. The molecule has 19 heavy (non-hydrogen) atoms. The Morgan fingerprint density at radius 1 is 0.421 bits per heavy atom. The Hall–Kier alpha value is -0.260. The van der Waals surface area contributed by atoms with E-state index in [1.807, 2.05) is 0 Å². The Labute approximate surface area is 123 Å². The molecule has 2 radical (unpaired) electrons. The SMILES string of the molecule is [CH2]CCCCC=CCCCCCCCCCCC[CH2]. The van der Waals surface area contributed by atoms with E-state index in [9.17, 15) is 0 Å². The van der Waals surface area contributed by atoms with E-state index in [4.69, 9.17) is 0 Å². The lowest BCUT2D eigenvalue weighted by Gasteiger charge is -2.01. The van der Waals surface area contributed by atoms with Crippen LogP contribution in [0.25, 0.3) is 0 Å². The summed E-state index contributed by atoms with van der Waals surface area (Å²) < 4.78 is 0. The second kappa shape index (κ2) is 17.7. The summed E-state index contributed by atoms with van der Waals surface area (Å²) in [6, 6.07) is 0. The summed E-state index contributed by atoms with van der Waals surface area (Å²) in [6.45, 7) is 7.74. The zero-order valence-electron chi connectivity index (χ0n) is 13.2. The molecule has 0 saturated heterocycles. The van der Waals surface area contributed by atoms with Crippen molar-refractivity contribution in [1.29, 1.82) is 0 Å². The minimum absolute atomic E-state index is 1.09. The van der Waals surface area contributed by atoms with Crippen LogP contribution in [-0.2, 0) is 0 Å². The van der Waals surface area contributed by atoms with Crippen molar-refractivity contribution in [1.82, 2.24) is 0 Å². The molecule has 0 spiro atoms. The summed E-state index contributed by atoms with van der Waals surface area (Å²) in [5.74, 6) is 0. The highest BCUT2D eigenvalue weighted by atomic mass is 14.0. The van der Waals surface area contributed by atoms with Crippen LogP contribution < -0.4 is 0 Å². The van der Waals surface area contributed by atoms with Crippen molar-refractivity contribution >= 4 is 0 Å². The van der Waals surface area contributed by atoms with Gasteiger partial charge in [-0.3, -0.25) is 0 Å². The molecule has 0 aromatic heterocycles. The summed E-state index contributed by atoms with van der Waals surface area (Å²) in [6.07, 6.45) is 24.8. The van der Waals surface area contributed by atoms with Crippen molar-refractivity contribution in [2.45, 2.75) is 96.3 Å². The first-order chi connectivity index (χ1) is 9.41. The molecule has 0 rings (SSSR count). The van der Waals surface area contributed by atoms with Gasteiger partial charge in [0.05, 0.1) is 0 Å². The Morgan fingerprint density at radius 2 is 0.737 bits per heavy atom. The Morgan fingerprint density at radius 3 is 1.21 bits per heavy atom. The quantitative estimate of drug-likeness (QED) is 0.219. The molecule has 0 aliphatic heterocycles. The van der Waals surface area contributed by atoms with Crippen LogP contribution in [0.5, 0.6) is 0 Å². The Bertz CT molecular complexity index is 169.